The van der Waals surface area contributed by atoms with Crippen molar-refractivity contribution < 1.29 is 14.8 Å². The van der Waals surface area contributed by atoms with Gasteiger partial charge in [0.1, 0.15) is 0 Å². The topological polar surface area (TPSA) is 105 Å². The normalized spacial score (nSPS) is 10.1. The first kappa shape index (κ1) is 13.5. The summed E-state index contributed by atoms with van der Waals surface area (Å²) in [7, 11) is 0. The fourth-order valence-electron chi connectivity index (χ4n) is 1.67. The Bertz CT molecular complexity index is 685. The number of nitro groups is 1. The maximum absolute atomic E-state index is 10.9. The van der Waals surface area contributed by atoms with E-state index >= 15 is 0 Å². The van der Waals surface area contributed by atoms with Crippen LogP contribution in [0.15, 0.2) is 36.4 Å². The lowest BCUT2D eigenvalue weighted by Gasteiger charge is -2.07. The summed E-state index contributed by atoms with van der Waals surface area (Å²) in [4.78, 5) is 25.0. The number of hydrogen-bond acceptors (Lipinski definition) is 5. The summed E-state index contributed by atoms with van der Waals surface area (Å²) < 4.78 is 0. The Kier molecular flexibility index (Phi) is 3.60. The quantitative estimate of drug-likeness (QED) is 0.655. The number of pyridine rings is 1. The summed E-state index contributed by atoms with van der Waals surface area (Å²) in [5.41, 5.74) is 1.03. The summed E-state index contributed by atoms with van der Waals surface area (Å²) in [6.45, 7) is 1.88. The molecule has 0 spiro atoms. The average molecular weight is 273 g/mol. The van der Waals surface area contributed by atoms with Crippen LogP contribution < -0.4 is 5.32 Å². The minimum absolute atomic E-state index is 0.0968. The molecule has 0 amide bonds. The molecule has 102 valence electrons. The van der Waals surface area contributed by atoms with Crippen LogP contribution in [0.5, 0.6) is 0 Å². The molecule has 0 aliphatic carbocycles. The number of aromatic nitrogens is 1. The van der Waals surface area contributed by atoms with Gasteiger partial charge >= 0.3 is 11.7 Å². The van der Waals surface area contributed by atoms with E-state index in [0.717, 1.165) is 17.7 Å². The molecular formula is C13H11N3O4. The van der Waals surface area contributed by atoms with Crippen LogP contribution in [0.2, 0.25) is 0 Å². The molecule has 0 bridgehead atoms. The molecular weight excluding hydrogens is 262 g/mol. The zero-order valence-corrected chi connectivity index (χ0v) is 10.5. The fraction of sp³-hybridized carbons (Fsp3) is 0.0769. The molecule has 0 fully saturated rings. The molecule has 0 saturated carbocycles. The lowest BCUT2D eigenvalue weighted by atomic mass is 10.2. The highest BCUT2D eigenvalue weighted by atomic mass is 16.6. The first-order valence-corrected chi connectivity index (χ1v) is 5.70. The predicted octanol–water partition coefficient (Wildman–Crippen LogP) is 2.74. The molecule has 0 aliphatic rings. The van der Waals surface area contributed by atoms with E-state index in [1.165, 1.54) is 0 Å². The minimum Gasteiger partial charge on any atom is -0.477 e. The molecule has 7 heteroatoms. The van der Waals surface area contributed by atoms with Crippen LogP contribution >= 0.6 is 0 Å². The molecule has 2 N–H and O–H groups in total. The number of benzene rings is 1. The molecule has 0 atom stereocenters. The summed E-state index contributed by atoms with van der Waals surface area (Å²) in [6, 6.07) is 9.37. The summed E-state index contributed by atoms with van der Waals surface area (Å²) >= 11 is 0. The van der Waals surface area contributed by atoms with Gasteiger partial charge < -0.3 is 10.4 Å². The summed E-state index contributed by atoms with van der Waals surface area (Å²) in [5, 5.41) is 22.6. The molecule has 20 heavy (non-hydrogen) atoms. The molecule has 0 radical (unpaired) electrons. The molecule has 2 rings (SSSR count). The molecule has 1 aromatic carbocycles. The first-order chi connectivity index (χ1) is 9.47. The average Bonchev–Trinajstić information content (AvgIpc) is 2.38. The predicted molar refractivity (Wildman–Crippen MR) is 72.3 cm³/mol. The smallest absolute Gasteiger partial charge is 0.354 e. The molecule has 7 nitrogen and oxygen atoms in total. The van der Waals surface area contributed by atoms with Gasteiger partial charge in [-0.3, -0.25) is 10.1 Å². The van der Waals surface area contributed by atoms with Crippen LogP contribution in [0.1, 0.15) is 16.1 Å². The van der Waals surface area contributed by atoms with Gasteiger partial charge in [-0.1, -0.05) is 12.1 Å². The van der Waals surface area contributed by atoms with Crippen molar-refractivity contribution in [2.45, 2.75) is 6.92 Å². The fourth-order valence-corrected chi connectivity index (χ4v) is 1.67. The van der Waals surface area contributed by atoms with Crippen LogP contribution in [0.25, 0.3) is 0 Å². The van der Waals surface area contributed by atoms with Crippen molar-refractivity contribution in [1.29, 1.82) is 0 Å². The van der Waals surface area contributed by atoms with Gasteiger partial charge in [0.15, 0.2) is 5.69 Å². The van der Waals surface area contributed by atoms with Crippen molar-refractivity contribution in [3.63, 3.8) is 0 Å². The van der Waals surface area contributed by atoms with E-state index in [0.29, 0.717) is 5.69 Å². The van der Waals surface area contributed by atoms with E-state index in [4.69, 9.17) is 5.11 Å². The van der Waals surface area contributed by atoms with Crippen LogP contribution in [0.4, 0.5) is 17.2 Å². The molecule has 0 aliphatic heterocycles. The van der Waals surface area contributed by atoms with Gasteiger partial charge in [-0.15, -0.1) is 0 Å². The number of hydrogen-bond donors (Lipinski definition) is 2. The lowest BCUT2D eigenvalue weighted by Crippen LogP contribution is -2.06. The number of nitrogens with one attached hydrogen (secondary N) is 1. The SMILES string of the molecule is Cc1cccc(Nc2nc(C(=O)O)ccc2[N+](=O)[O-])c1. The maximum Gasteiger partial charge on any atom is 0.354 e. The van der Waals surface area contributed by atoms with Gasteiger partial charge in [-0.05, 0) is 30.7 Å². The van der Waals surface area contributed by atoms with Gasteiger partial charge in [-0.25, -0.2) is 9.78 Å². The summed E-state index contributed by atoms with van der Waals surface area (Å²) in [5.74, 6) is -1.34. The number of nitrogens with zero attached hydrogens (tertiary/aromatic N) is 2. The molecule has 0 saturated heterocycles. The van der Waals surface area contributed by atoms with Crippen molar-refractivity contribution in [2.75, 3.05) is 5.32 Å². The van der Waals surface area contributed by atoms with Crippen LogP contribution in [-0.4, -0.2) is 21.0 Å². The first-order valence-electron chi connectivity index (χ1n) is 5.70. The maximum atomic E-state index is 10.9. The Morgan fingerprint density at radius 1 is 1.35 bits per heavy atom. The highest BCUT2D eigenvalue weighted by molar-refractivity contribution is 5.86. The van der Waals surface area contributed by atoms with E-state index in [1.807, 2.05) is 13.0 Å². The van der Waals surface area contributed by atoms with Crippen LogP contribution in [0, 0.1) is 17.0 Å². The summed E-state index contributed by atoms with van der Waals surface area (Å²) in [6.07, 6.45) is 0. The number of anilines is 2. The standard InChI is InChI=1S/C13H11N3O4/c1-8-3-2-4-9(7-8)14-12-11(16(19)20)6-5-10(15-12)13(17)18/h2-7H,1H3,(H,14,15)(H,17,18). The molecule has 2 aromatic rings. The second-order valence-electron chi connectivity index (χ2n) is 4.12. The van der Waals surface area contributed by atoms with E-state index in [9.17, 15) is 14.9 Å². The van der Waals surface area contributed by atoms with Crippen LogP contribution in [0.3, 0.4) is 0 Å². The Labute approximate surface area is 114 Å². The van der Waals surface area contributed by atoms with Gasteiger partial charge in [0, 0.05) is 11.8 Å². The third kappa shape index (κ3) is 2.89. The molecule has 0 unspecified atom stereocenters. The Balaban J connectivity index is 2.44. The Morgan fingerprint density at radius 2 is 2.10 bits per heavy atom. The van der Waals surface area contributed by atoms with Gasteiger partial charge in [0.05, 0.1) is 4.92 Å². The zero-order chi connectivity index (χ0) is 14.7. The van der Waals surface area contributed by atoms with Gasteiger partial charge in [0.25, 0.3) is 0 Å². The Morgan fingerprint density at radius 3 is 2.70 bits per heavy atom. The lowest BCUT2D eigenvalue weighted by molar-refractivity contribution is -0.384. The van der Waals surface area contributed by atoms with Crippen molar-refractivity contribution in [3.05, 3.63) is 57.8 Å². The van der Waals surface area contributed by atoms with Crippen molar-refractivity contribution in [3.8, 4) is 0 Å². The second kappa shape index (κ2) is 5.35. The molecule has 1 aromatic heterocycles. The minimum atomic E-state index is -1.24. The molecule has 1 heterocycles. The van der Waals surface area contributed by atoms with Gasteiger partial charge in [-0.2, -0.15) is 0 Å². The third-order valence-corrected chi connectivity index (χ3v) is 2.57. The second-order valence-corrected chi connectivity index (χ2v) is 4.12. The van der Waals surface area contributed by atoms with Gasteiger partial charge in [0.2, 0.25) is 5.82 Å². The largest absolute Gasteiger partial charge is 0.477 e. The number of rotatable bonds is 4. The van der Waals surface area contributed by atoms with E-state index < -0.39 is 10.9 Å². The number of carboxylic acid groups (broad SMARTS) is 1. The number of aryl methyl sites for hydroxylation is 1. The van der Waals surface area contributed by atoms with Crippen molar-refractivity contribution in [2.24, 2.45) is 0 Å². The number of carboxylic acids is 1. The van der Waals surface area contributed by atoms with Crippen molar-refractivity contribution >= 4 is 23.2 Å². The van der Waals surface area contributed by atoms with E-state index in [1.54, 1.807) is 18.2 Å². The highest BCUT2D eigenvalue weighted by Crippen LogP contribution is 2.26. The zero-order valence-electron chi connectivity index (χ0n) is 10.5. The van der Waals surface area contributed by atoms with E-state index in [2.05, 4.69) is 10.3 Å². The Hall–Kier alpha value is -2.96. The van der Waals surface area contributed by atoms with E-state index in [-0.39, 0.29) is 17.2 Å². The monoisotopic (exact) mass is 273 g/mol. The number of aromatic carboxylic acids is 1. The van der Waals surface area contributed by atoms with Crippen LogP contribution in [-0.2, 0) is 0 Å². The number of carbonyl (C=O) groups is 1. The third-order valence-electron chi connectivity index (χ3n) is 2.57. The highest BCUT2D eigenvalue weighted by Gasteiger charge is 2.18. The van der Waals surface area contributed by atoms with Crippen molar-refractivity contribution in [1.82, 2.24) is 4.98 Å².